The van der Waals surface area contributed by atoms with Crippen LogP contribution < -0.4 is 0 Å². The highest BCUT2D eigenvalue weighted by Crippen LogP contribution is 2.32. The third-order valence-corrected chi connectivity index (χ3v) is 2.73. The Morgan fingerprint density at radius 2 is 2.09 bits per heavy atom. The molecule has 1 aliphatic heterocycles. The van der Waals surface area contributed by atoms with Crippen molar-refractivity contribution in [3.05, 3.63) is 0 Å². The molecule has 0 spiro atoms. The summed E-state index contributed by atoms with van der Waals surface area (Å²) >= 11 is 0. The van der Waals surface area contributed by atoms with Gasteiger partial charge in [0, 0.05) is 5.92 Å². The predicted octanol–water partition coefficient (Wildman–Crippen LogP) is 1.63. The van der Waals surface area contributed by atoms with E-state index in [2.05, 4.69) is 13.8 Å². The van der Waals surface area contributed by atoms with Crippen molar-refractivity contribution in [2.45, 2.75) is 39.4 Å². The first-order valence-electron chi connectivity index (χ1n) is 4.31. The largest absolute Gasteiger partial charge is 0.374 e. The van der Waals surface area contributed by atoms with E-state index in [-0.39, 0.29) is 18.1 Å². The molecule has 64 valence electrons. The maximum absolute atomic E-state index is 10.7. The van der Waals surface area contributed by atoms with Gasteiger partial charge in [-0.3, -0.25) is 0 Å². The summed E-state index contributed by atoms with van der Waals surface area (Å²) in [5.74, 6) is 0.507. The molecule has 0 radical (unpaired) electrons. The first-order chi connectivity index (χ1) is 5.20. The van der Waals surface area contributed by atoms with Crippen LogP contribution in [0.1, 0.15) is 27.2 Å². The highest BCUT2D eigenvalue weighted by molar-refractivity contribution is 5.55. The molecule has 1 fully saturated rings. The van der Waals surface area contributed by atoms with Crippen LogP contribution >= 0.6 is 0 Å². The van der Waals surface area contributed by atoms with E-state index in [0.717, 1.165) is 12.7 Å². The van der Waals surface area contributed by atoms with Gasteiger partial charge in [-0.15, -0.1) is 0 Å². The van der Waals surface area contributed by atoms with Gasteiger partial charge in [-0.1, -0.05) is 13.8 Å². The van der Waals surface area contributed by atoms with Crippen LogP contribution in [0.5, 0.6) is 0 Å². The zero-order chi connectivity index (χ0) is 8.43. The van der Waals surface area contributed by atoms with Crippen molar-refractivity contribution < 1.29 is 9.53 Å². The third kappa shape index (κ3) is 1.45. The summed E-state index contributed by atoms with van der Waals surface area (Å²) < 4.78 is 5.59. The highest BCUT2D eigenvalue weighted by Gasteiger charge is 2.37. The number of hydrogen-bond donors (Lipinski definition) is 0. The van der Waals surface area contributed by atoms with Gasteiger partial charge in [0.15, 0.2) is 0 Å². The number of aldehydes is 1. The maximum Gasteiger partial charge on any atom is 0.126 e. The Bertz CT molecular complexity index is 144. The van der Waals surface area contributed by atoms with Crippen LogP contribution in [0.15, 0.2) is 0 Å². The SMILES string of the molecule is CCC1OC(C)C(C)C1C=O. The third-order valence-electron chi connectivity index (χ3n) is 2.73. The van der Waals surface area contributed by atoms with Gasteiger partial charge in [0.05, 0.1) is 12.2 Å². The molecular formula is C9H16O2. The molecule has 0 N–H and O–H groups in total. The molecule has 0 aromatic rings. The van der Waals surface area contributed by atoms with Crippen LogP contribution in [0, 0.1) is 11.8 Å². The minimum Gasteiger partial charge on any atom is -0.374 e. The minimum atomic E-state index is 0.120. The van der Waals surface area contributed by atoms with Crippen molar-refractivity contribution in [2.75, 3.05) is 0 Å². The van der Waals surface area contributed by atoms with Gasteiger partial charge in [-0.25, -0.2) is 0 Å². The summed E-state index contributed by atoms with van der Waals surface area (Å²) in [6.45, 7) is 6.18. The van der Waals surface area contributed by atoms with Crippen LogP contribution in [0.3, 0.4) is 0 Å². The Balaban J connectivity index is 2.64. The van der Waals surface area contributed by atoms with Gasteiger partial charge in [-0.2, -0.15) is 0 Å². The van der Waals surface area contributed by atoms with Crippen LogP contribution in [0.4, 0.5) is 0 Å². The van der Waals surface area contributed by atoms with Crippen LogP contribution in [0.25, 0.3) is 0 Å². The predicted molar refractivity (Wildman–Crippen MR) is 43.3 cm³/mol. The molecule has 0 saturated carbocycles. The number of ether oxygens (including phenoxy) is 1. The van der Waals surface area contributed by atoms with E-state index in [9.17, 15) is 4.79 Å². The fourth-order valence-corrected chi connectivity index (χ4v) is 1.72. The topological polar surface area (TPSA) is 26.3 Å². The van der Waals surface area contributed by atoms with E-state index in [1.165, 1.54) is 0 Å². The Morgan fingerprint density at radius 1 is 1.45 bits per heavy atom. The second kappa shape index (κ2) is 3.35. The molecule has 1 saturated heterocycles. The maximum atomic E-state index is 10.7. The second-order valence-electron chi connectivity index (χ2n) is 3.36. The zero-order valence-electron chi connectivity index (χ0n) is 7.41. The molecule has 0 amide bonds. The first-order valence-corrected chi connectivity index (χ1v) is 4.31. The Kier molecular flexibility index (Phi) is 2.66. The molecule has 1 rings (SSSR count). The van der Waals surface area contributed by atoms with E-state index < -0.39 is 0 Å². The monoisotopic (exact) mass is 156 g/mol. The quantitative estimate of drug-likeness (QED) is 0.568. The van der Waals surface area contributed by atoms with E-state index >= 15 is 0 Å². The summed E-state index contributed by atoms with van der Waals surface area (Å²) in [7, 11) is 0. The van der Waals surface area contributed by atoms with E-state index in [0.29, 0.717) is 5.92 Å². The smallest absolute Gasteiger partial charge is 0.126 e. The van der Waals surface area contributed by atoms with Gasteiger partial charge < -0.3 is 9.53 Å². The molecule has 0 bridgehead atoms. The molecule has 0 aromatic heterocycles. The minimum absolute atomic E-state index is 0.120. The number of rotatable bonds is 2. The van der Waals surface area contributed by atoms with Crippen molar-refractivity contribution >= 4 is 6.29 Å². The lowest BCUT2D eigenvalue weighted by molar-refractivity contribution is -0.113. The van der Waals surface area contributed by atoms with Gasteiger partial charge in [-0.05, 0) is 19.3 Å². The van der Waals surface area contributed by atoms with E-state index in [1.807, 2.05) is 6.92 Å². The van der Waals surface area contributed by atoms with Crippen molar-refractivity contribution in [3.8, 4) is 0 Å². The van der Waals surface area contributed by atoms with Gasteiger partial charge in [0.2, 0.25) is 0 Å². The molecule has 2 nitrogen and oxygen atoms in total. The van der Waals surface area contributed by atoms with Gasteiger partial charge in [0.1, 0.15) is 6.29 Å². The van der Waals surface area contributed by atoms with E-state index in [4.69, 9.17) is 4.74 Å². The number of carbonyl (C=O) groups excluding carboxylic acids is 1. The molecule has 0 aromatic carbocycles. The summed E-state index contributed by atoms with van der Waals surface area (Å²) in [6.07, 6.45) is 2.40. The van der Waals surface area contributed by atoms with Crippen LogP contribution in [-0.2, 0) is 9.53 Å². The highest BCUT2D eigenvalue weighted by atomic mass is 16.5. The summed E-state index contributed by atoms with van der Waals surface area (Å²) in [4.78, 5) is 10.7. The first kappa shape index (κ1) is 8.72. The summed E-state index contributed by atoms with van der Waals surface area (Å²) in [5, 5.41) is 0. The Hall–Kier alpha value is -0.370. The molecule has 11 heavy (non-hydrogen) atoms. The van der Waals surface area contributed by atoms with Crippen molar-refractivity contribution in [3.63, 3.8) is 0 Å². The summed E-state index contributed by atoms with van der Waals surface area (Å²) in [5.41, 5.74) is 0. The van der Waals surface area contributed by atoms with Gasteiger partial charge >= 0.3 is 0 Å². The van der Waals surface area contributed by atoms with Crippen LogP contribution in [0.2, 0.25) is 0 Å². The van der Waals surface area contributed by atoms with E-state index in [1.54, 1.807) is 0 Å². The Morgan fingerprint density at radius 3 is 2.45 bits per heavy atom. The normalized spacial score (nSPS) is 44.3. The van der Waals surface area contributed by atoms with Crippen LogP contribution in [-0.4, -0.2) is 18.5 Å². The number of hydrogen-bond acceptors (Lipinski definition) is 2. The van der Waals surface area contributed by atoms with Gasteiger partial charge in [0.25, 0.3) is 0 Å². The van der Waals surface area contributed by atoms with Crippen molar-refractivity contribution in [2.24, 2.45) is 11.8 Å². The molecule has 1 heterocycles. The average Bonchev–Trinajstić information content (AvgIpc) is 2.28. The Labute approximate surface area is 67.9 Å². The lowest BCUT2D eigenvalue weighted by Crippen LogP contribution is -2.19. The fraction of sp³-hybridized carbons (Fsp3) is 0.889. The van der Waals surface area contributed by atoms with Crippen molar-refractivity contribution in [1.82, 2.24) is 0 Å². The molecular weight excluding hydrogens is 140 g/mol. The lowest BCUT2D eigenvalue weighted by atomic mass is 9.89. The lowest BCUT2D eigenvalue weighted by Gasteiger charge is -2.11. The van der Waals surface area contributed by atoms with Crippen molar-refractivity contribution in [1.29, 1.82) is 0 Å². The molecule has 4 unspecified atom stereocenters. The molecule has 1 aliphatic rings. The molecule has 4 atom stereocenters. The average molecular weight is 156 g/mol. The fourth-order valence-electron chi connectivity index (χ4n) is 1.72. The molecule has 2 heteroatoms. The molecule has 0 aliphatic carbocycles. The zero-order valence-corrected chi connectivity index (χ0v) is 7.41. The summed E-state index contributed by atoms with van der Waals surface area (Å²) in [6, 6.07) is 0. The second-order valence-corrected chi connectivity index (χ2v) is 3.36. The standard InChI is InChI=1S/C9H16O2/c1-4-9-8(5-10)6(2)7(3)11-9/h5-9H,4H2,1-3H3. The number of carbonyl (C=O) groups is 1.